The Labute approximate surface area is 180 Å². The van der Waals surface area contributed by atoms with E-state index in [1.165, 1.54) is 11.3 Å². The molecule has 0 atom stereocenters. The number of carbonyl (C=O) groups is 1. The molecule has 6 nitrogen and oxygen atoms in total. The number of benzene rings is 2. The summed E-state index contributed by atoms with van der Waals surface area (Å²) in [5, 5.41) is 9.62. The van der Waals surface area contributed by atoms with Crippen molar-refractivity contribution < 1.29 is 9.53 Å². The van der Waals surface area contributed by atoms with Crippen molar-refractivity contribution in [1.82, 2.24) is 9.88 Å². The van der Waals surface area contributed by atoms with Gasteiger partial charge in [-0.05, 0) is 57.4 Å². The molecule has 0 unspecified atom stereocenters. The van der Waals surface area contributed by atoms with Crippen LogP contribution < -0.4 is 9.64 Å². The first-order valence-electron chi connectivity index (χ1n) is 9.02. The Bertz CT molecular complexity index is 1010. The average Bonchev–Trinajstić information content (AvgIpc) is 3.13. The van der Waals surface area contributed by atoms with Crippen LogP contribution in [0.2, 0.25) is 0 Å². The van der Waals surface area contributed by atoms with Gasteiger partial charge < -0.3 is 9.64 Å². The van der Waals surface area contributed by atoms with Gasteiger partial charge in [0.25, 0.3) is 5.91 Å². The van der Waals surface area contributed by atoms with Gasteiger partial charge in [-0.3, -0.25) is 9.69 Å². The lowest BCUT2D eigenvalue weighted by molar-refractivity contribution is 0.0985. The first kappa shape index (κ1) is 22.6. The van der Waals surface area contributed by atoms with E-state index in [-0.39, 0.29) is 18.3 Å². The molecule has 8 heteroatoms. The lowest BCUT2D eigenvalue weighted by Gasteiger charge is -2.22. The Morgan fingerprint density at radius 2 is 1.90 bits per heavy atom. The van der Waals surface area contributed by atoms with Gasteiger partial charge in [0.1, 0.15) is 11.3 Å². The minimum absolute atomic E-state index is 0. The van der Waals surface area contributed by atoms with Crippen molar-refractivity contribution in [3.8, 4) is 11.8 Å². The minimum atomic E-state index is -0.136. The number of nitriles is 1. The van der Waals surface area contributed by atoms with Crippen LogP contribution in [0.5, 0.6) is 5.75 Å². The van der Waals surface area contributed by atoms with Crippen LogP contribution in [-0.4, -0.2) is 49.6 Å². The van der Waals surface area contributed by atoms with Gasteiger partial charge in [0.2, 0.25) is 0 Å². The Hall–Kier alpha value is -2.66. The normalized spacial score (nSPS) is 10.4. The number of aromatic nitrogens is 1. The third-order valence-electron chi connectivity index (χ3n) is 4.18. The predicted octanol–water partition coefficient (Wildman–Crippen LogP) is 4.20. The molecule has 0 saturated heterocycles. The molecular formula is C21H23ClN4O2S. The highest BCUT2D eigenvalue weighted by molar-refractivity contribution is 7.22. The summed E-state index contributed by atoms with van der Waals surface area (Å²) >= 11 is 1.47. The Balaban J connectivity index is 0.00000300. The summed E-state index contributed by atoms with van der Waals surface area (Å²) in [7, 11) is 3.94. The molecule has 29 heavy (non-hydrogen) atoms. The number of fused-ring (bicyclic) bond motifs is 1. The smallest absolute Gasteiger partial charge is 0.260 e. The summed E-state index contributed by atoms with van der Waals surface area (Å²) in [5.74, 6) is 0.587. The largest absolute Gasteiger partial charge is 0.492 e. The van der Waals surface area contributed by atoms with Gasteiger partial charge in [-0.2, -0.15) is 5.26 Å². The van der Waals surface area contributed by atoms with Crippen LogP contribution in [0.4, 0.5) is 5.13 Å². The van der Waals surface area contributed by atoms with Crippen LogP contribution >= 0.6 is 23.7 Å². The predicted molar refractivity (Wildman–Crippen MR) is 119 cm³/mol. The summed E-state index contributed by atoms with van der Waals surface area (Å²) in [5.41, 5.74) is 1.83. The van der Waals surface area contributed by atoms with Gasteiger partial charge in [-0.1, -0.05) is 17.4 Å². The molecule has 0 fully saturated rings. The highest BCUT2D eigenvalue weighted by atomic mass is 35.5. The van der Waals surface area contributed by atoms with E-state index in [4.69, 9.17) is 15.0 Å². The van der Waals surface area contributed by atoms with E-state index in [1.807, 2.05) is 44.1 Å². The van der Waals surface area contributed by atoms with Crippen LogP contribution in [0.15, 0.2) is 42.5 Å². The molecular weight excluding hydrogens is 408 g/mol. The maximum absolute atomic E-state index is 13.2. The van der Waals surface area contributed by atoms with Crippen molar-refractivity contribution in [2.75, 3.05) is 38.7 Å². The zero-order valence-corrected chi connectivity index (χ0v) is 18.2. The zero-order chi connectivity index (χ0) is 20.1. The first-order valence-corrected chi connectivity index (χ1v) is 9.84. The lowest BCUT2D eigenvalue weighted by Crippen LogP contribution is -2.36. The molecule has 0 aliphatic rings. The van der Waals surface area contributed by atoms with Crippen LogP contribution in [0.1, 0.15) is 22.8 Å². The number of amides is 1. The molecule has 0 aliphatic heterocycles. The van der Waals surface area contributed by atoms with Crippen molar-refractivity contribution >= 4 is 45.0 Å². The van der Waals surface area contributed by atoms with Crippen LogP contribution in [0.25, 0.3) is 10.2 Å². The molecule has 1 aromatic heterocycles. The molecule has 1 heterocycles. The Morgan fingerprint density at radius 3 is 2.52 bits per heavy atom. The first-order chi connectivity index (χ1) is 13.5. The van der Waals surface area contributed by atoms with Gasteiger partial charge in [0.15, 0.2) is 5.13 Å². The summed E-state index contributed by atoms with van der Waals surface area (Å²) in [6.07, 6.45) is 0. The number of hydrogen-bond donors (Lipinski definition) is 0. The van der Waals surface area contributed by atoms with Gasteiger partial charge in [-0.25, -0.2) is 4.98 Å². The molecule has 0 aliphatic carbocycles. The number of rotatable bonds is 7. The molecule has 2 aromatic carbocycles. The molecule has 0 N–H and O–H groups in total. The molecule has 3 aromatic rings. The Kier molecular flexibility index (Phi) is 7.97. The lowest BCUT2D eigenvalue weighted by atomic mass is 10.1. The van der Waals surface area contributed by atoms with Crippen LogP contribution in [0.3, 0.4) is 0 Å². The van der Waals surface area contributed by atoms with Crippen molar-refractivity contribution in [1.29, 1.82) is 5.26 Å². The number of ether oxygens (including phenoxy) is 1. The van der Waals surface area contributed by atoms with E-state index in [2.05, 4.69) is 6.07 Å². The maximum atomic E-state index is 13.2. The van der Waals surface area contributed by atoms with Crippen molar-refractivity contribution in [3.63, 3.8) is 0 Å². The van der Waals surface area contributed by atoms with Crippen LogP contribution in [-0.2, 0) is 0 Å². The molecule has 3 rings (SSSR count). The number of likely N-dealkylation sites (N-methyl/N-ethyl adjacent to an activating group) is 1. The second-order valence-corrected chi connectivity index (χ2v) is 7.49. The number of para-hydroxylation sites is 1. The average molecular weight is 431 g/mol. The summed E-state index contributed by atoms with van der Waals surface area (Å²) in [6, 6.07) is 14.6. The van der Waals surface area contributed by atoms with Crippen molar-refractivity contribution in [3.05, 3.63) is 53.6 Å². The monoisotopic (exact) mass is 430 g/mol. The van der Waals surface area contributed by atoms with Crippen molar-refractivity contribution in [2.45, 2.75) is 6.92 Å². The molecule has 0 bridgehead atoms. The third-order valence-corrected chi connectivity index (χ3v) is 5.22. The molecule has 0 spiro atoms. The SMILES string of the molecule is CCOc1cccc2sc(N(CCN(C)C)C(=O)c3ccc(C#N)cc3)nc12.Cl. The fourth-order valence-electron chi connectivity index (χ4n) is 2.73. The highest BCUT2D eigenvalue weighted by Gasteiger charge is 2.22. The third kappa shape index (κ3) is 5.24. The van der Waals surface area contributed by atoms with Crippen LogP contribution in [0, 0.1) is 11.3 Å². The zero-order valence-electron chi connectivity index (χ0n) is 16.6. The summed E-state index contributed by atoms with van der Waals surface area (Å²) in [4.78, 5) is 21.6. The van der Waals surface area contributed by atoms with E-state index in [1.54, 1.807) is 29.2 Å². The van der Waals surface area contributed by atoms with Gasteiger partial charge in [0, 0.05) is 18.7 Å². The number of hydrogen-bond acceptors (Lipinski definition) is 6. The molecule has 152 valence electrons. The van der Waals surface area contributed by atoms with Crippen molar-refractivity contribution in [2.24, 2.45) is 0 Å². The number of halogens is 1. The molecule has 1 amide bonds. The standard InChI is InChI=1S/C21H22N4O2S.ClH/c1-4-27-17-6-5-7-18-19(17)23-21(28-18)25(13-12-24(2)3)20(26)16-10-8-15(14-22)9-11-16;/h5-11H,4,12-13H2,1-3H3;1H. The van der Waals surface area contributed by atoms with Gasteiger partial charge in [-0.15, -0.1) is 12.4 Å². The fraction of sp³-hybridized carbons (Fsp3) is 0.286. The molecule has 0 saturated carbocycles. The number of thiazole rings is 1. The fourth-order valence-corrected chi connectivity index (χ4v) is 3.73. The van der Waals surface area contributed by atoms with E-state index < -0.39 is 0 Å². The quantitative estimate of drug-likeness (QED) is 0.562. The van der Waals surface area contributed by atoms with E-state index in [9.17, 15) is 4.79 Å². The number of nitrogens with zero attached hydrogens (tertiary/aromatic N) is 4. The Morgan fingerprint density at radius 1 is 1.17 bits per heavy atom. The second kappa shape index (κ2) is 10.2. The minimum Gasteiger partial charge on any atom is -0.492 e. The van der Waals surface area contributed by atoms with E-state index in [0.717, 1.165) is 16.0 Å². The maximum Gasteiger partial charge on any atom is 0.260 e. The highest BCUT2D eigenvalue weighted by Crippen LogP contribution is 2.34. The summed E-state index contributed by atoms with van der Waals surface area (Å²) < 4.78 is 6.66. The molecule has 0 radical (unpaired) electrons. The van der Waals surface area contributed by atoms with Gasteiger partial charge in [0.05, 0.1) is 22.9 Å². The number of carbonyl (C=O) groups excluding carboxylic acids is 1. The van der Waals surface area contributed by atoms with E-state index >= 15 is 0 Å². The summed E-state index contributed by atoms with van der Waals surface area (Å²) in [6.45, 7) is 3.70. The second-order valence-electron chi connectivity index (χ2n) is 6.48. The topological polar surface area (TPSA) is 69.5 Å². The van der Waals surface area contributed by atoms with Gasteiger partial charge >= 0.3 is 0 Å². The van der Waals surface area contributed by atoms with E-state index in [0.29, 0.717) is 36.0 Å². The number of anilines is 1.